The monoisotopic (exact) mass is 418 g/mol. The molecule has 0 fully saturated rings. The van der Waals surface area contributed by atoms with Crippen molar-refractivity contribution in [3.8, 4) is 0 Å². The van der Waals surface area contributed by atoms with Crippen LogP contribution in [0.4, 0.5) is 4.39 Å². The normalized spacial score (nSPS) is 12.6. The van der Waals surface area contributed by atoms with Crippen molar-refractivity contribution in [2.75, 3.05) is 0 Å². The summed E-state index contributed by atoms with van der Waals surface area (Å²) in [6.07, 6.45) is 1.62. The third-order valence-electron chi connectivity index (χ3n) is 5.61. The van der Waals surface area contributed by atoms with E-state index in [0.29, 0.717) is 21.5 Å². The zero-order valence-electron chi connectivity index (χ0n) is 17.1. The van der Waals surface area contributed by atoms with Crippen LogP contribution in [0.1, 0.15) is 55.7 Å². The molecule has 0 aliphatic heterocycles. The molecule has 150 valence electrons. The Hall–Kier alpha value is -1.83. The molecule has 0 saturated carbocycles. The maximum Gasteiger partial charge on any atom is 0.223 e. The van der Waals surface area contributed by atoms with Gasteiger partial charge in [-0.25, -0.2) is 9.37 Å². The van der Waals surface area contributed by atoms with Crippen molar-refractivity contribution >= 4 is 36.3 Å². The third kappa shape index (κ3) is 3.83. The smallest absolute Gasteiger partial charge is 0.223 e. The van der Waals surface area contributed by atoms with Gasteiger partial charge in [-0.1, -0.05) is 20.8 Å². The Bertz CT molecular complexity index is 983. The van der Waals surface area contributed by atoms with E-state index in [9.17, 15) is 9.18 Å². The number of hydrogen-bond acceptors (Lipinski definition) is 4. The molecule has 0 saturated heterocycles. The van der Waals surface area contributed by atoms with Gasteiger partial charge in [0.15, 0.2) is 13.3 Å². The van der Waals surface area contributed by atoms with Gasteiger partial charge in [0.05, 0.1) is 16.9 Å². The standard InChI is InChI=1S/C21H27FN2O2SSi/c1-6-28(7-2,8-3)26-21(4,5)18-13-27-20(24-18)19(25)16-12-23-17-11-14(22)9-10-15(16)17/h9-13,23H,6-8H2,1-5H3. The van der Waals surface area contributed by atoms with Gasteiger partial charge in [-0.2, -0.15) is 0 Å². The van der Waals surface area contributed by atoms with Crippen molar-refractivity contribution < 1.29 is 13.6 Å². The fraction of sp³-hybridized carbons (Fsp3) is 0.429. The Morgan fingerprint density at radius 2 is 1.93 bits per heavy atom. The molecule has 2 heterocycles. The van der Waals surface area contributed by atoms with Crippen molar-refractivity contribution in [3.05, 3.63) is 51.9 Å². The van der Waals surface area contributed by atoms with E-state index in [-0.39, 0.29) is 11.6 Å². The Morgan fingerprint density at radius 1 is 1.25 bits per heavy atom. The molecule has 0 unspecified atom stereocenters. The summed E-state index contributed by atoms with van der Waals surface area (Å²) in [5, 5.41) is 3.05. The minimum absolute atomic E-state index is 0.158. The van der Waals surface area contributed by atoms with E-state index in [0.717, 1.165) is 23.8 Å². The minimum Gasteiger partial charge on any atom is -0.406 e. The lowest BCUT2D eigenvalue weighted by molar-refractivity contribution is 0.0896. The highest BCUT2D eigenvalue weighted by molar-refractivity contribution is 7.12. The summed E-state index contributed by atoms with van der Waals surface area (Å²) >= 11 is 1.33. The number of halogens is 1. The first kappa shape index (κ1) is 20.9. The molecule has 3 aromatic rings. The number of ketones is 1. The number of thiazole rings is 1. The number of benzene rings is 1. The van der Waals surface area contributed by atoms with Crippen LogP contribution in [0.15, 0.2) is 29.8 Å². The van der Waals surface area contributed by atoms with E-state index in [4.69, 9.17) is 4.43 Å². The highest BCUT2D eigenvalue weighted by Gasteiger charge is 2.38. The Labute approximate surface area is 170 Å². The first-order valence-corrected chi connectivity index (χ1v) is 13.1. The second-order valence-corrected chi connectivity index (χ2v) is 13.2. The van der Waals surface area contributed by atoms with Gasteiger partial charge in [0.2, 0.25) is 5.78 Å². The summed E-state index contributed by atoms with van der Waals surface area (Å²) in [4.78, 5) is 20.6. The van der Waals surface area contributed by atoms with Gasteiger partial charge in [-0.05, 0) is 50.2 Å². The number of aromatic amines is 1. The molecule has 4 nitrogen and oxygen atoms in total. The summed E-state index contributed by atoms with van der Waals surface area (Å²) in [6, 6.07) is 7.56. The number of rotatable bonds is 8. The van der Waals surface area contributed by atoms with Gasteiger partial charge in [0, 0.05) is 22.5 Å². The number of nitrogens with one attached hydrogen (secondary N) is 1. The van der Waals surface area contributed by atoms with Crippen LogP contribution in [0.2, 0.25) is 18.1 Å². The molecular formula is C21H27FN2O2SSi. The number of nitrogens with zero attached hydrogens (tertiary/aromatic N) is 1. The molecule has 1 N–H and O–H groups in total. The zero-order valence-corrected chi connectivity index (χ0v) is 18.9. The first-order valence-electron chi connectivity index (χ1n) is 9.72. The van der Waals surface area contributed by atoms with Crippen molar-refractivity contribution in [1.29, 1.82) is 0 Å². The van der Waals surface area contributed by atoms with Crippen molar-refractivity contribution in [2.24, 2.45) is 0 Å². The van der Waals surface area contributed by atoms with Crippen LogP contribution in [0.3, 0.4) is 0 Å². The fourth-order valence-corrected chi connectivity index (χ4v) is 7.66. The van der Waals surface area contributed by atoms with E-state index in [1.54, 1.807) is 12.3 Å². The Kier molecular flexibility index (Phi) is 5.88. The molecule has 0 aliphatic carbocycles. The van der Waals surface area contributed by atoms with Gasteiger partial charge < -0.3 is 9.41 Å². The summed E-state index contributed by atoms with van der Waals surface area (Å²) in [5.41, 5.74) is 1.37. The van der Waals surface area contributed by atoms with Crippen LogP contribution in [0.5, 0.6) is 0 Å². The molecule has 2 aromatic heterocycles. The van der Waals surface area contributed by atoms with Crippen LogP contribution in [0, 0.1) is 5.82 Å². The summed E-state index contributed by atoms with van der Waals surface area (Å²) < 4.78 is 20.1. The maximum atomic E-state index is 13.4. The van der Waals surface area contributed by atoms with Crippen molar-refractivity contribution in [3.63, 3.8) is 0 Å². The molecule has 7 heteroatoms. The lowest BCUT2D eigenvalue weighted by Gasteiger charge is -2.37. The van der Waals surface area contributed by atoms with Gasteiger partial charge in [-0.15, -0.1) is 11.3 Å². The highest BCUT2D eigenvalue weighted by atomic mass is 32.1. The number of carbonyl (C=O) groups excluding carboxylic acids is 1. The lowest BCUT2D eigenvalue weighted by Crippen LogP contribution is -2.43. The third-order valence-corrected chi connectivity index (χ3v) is 11.3. The molecule has 3 rings (SSSR count). The van der Waals surface area contributed by atoms with E-state index < -0.39 is 13.9 Å². The maximum absolute atomic E-state index is 13.4. The summed E-state index contributed by atoms with van der Waals surface area (Å²) in [5.74, 6) is -0.492. The van der Waals surface area contributed by atoms with Crippen molar-refractivity contribution in [1.82, 2.24) is 9.97 Å². The van der Waals surface area contributed by atoms with Crippen molar-refractivity contribution in [2.45, 2.75) is 58.4 Å². The molecule has 0 amide bonds. The van der Waals surface area contributed by atoms with Gasteiger partial charge in [-0.3, -0.25) is 4.79 Å². The molecule has 28 heavy (non-hydrogen) atoms. The highest BCUT2D eigenvalue weighted by Crippen LogP contribution is 2.35. The first-order chi connectivity index (χ1) is 13.2. The SMILES string of the molecule is CC[Si](CC)(CC)OC(C)(C)c1csc(C(=O)c2c[nH]c3cc(F)ccc23)n1. The van der Waals surface area contributed by atoms with Crippen LogP contribution in [-0.4, -0.2) is 24.1 Å². The predicted molar refractivity (Wildman–Crippen MR) is 115 cm³/mol. The molecule has 0 aliphatic rings. The van der Waals surface area contributed by atoms with Gasteiger partial charge >= 0.3 is 0 Å². The summed E-state index contributed by atoms with van der Waals surface area (Å²) in [7, 11) is -1.81. The lowest BCUT2D eigenvalue weighted by atomic mass is 10.1. The fourth-order valence-electron chi connectivity index (χ4n) is 3.62. The largest absolute Gasteiger partial charge is 0.406 e. The zero-order chi connectivity index (χ0) is 20.5. The molecular weight excluding hydrogens is 391 g/mol. The molecule has 1 aromatic carbocycles. The average Bonchev–Trinajstić information content (AvgIpc) is 3.33. The topological polar surface area (TPSA) is 55.0 Å². The average molecular weight is 419 g/mol. The van der Waals surface area contributed by atoms with E-state index >= 15 is 0 Å². The Morgan fingerprint density at radius 3 is 2.57 bits per heavy atom. The number of aromatic nitrogens is 2. The van der Waals surface area contributed by atoms with E-state index in [1.807, 2.05) is 19.2 Å². The summed E-state index contributed by atoms with van der Waals surface area (Å²) in [6.45, 7) is 10.7. The van der Waals surface area contributed by atoms with Crippen LogP contribution in [-0.2, 0) is 10.0 Å². The number of hydrogen-bond donors (Lipinski definition) is 1. The van der Waals surface area contributed by atoms with Gasteiger partial charge in [0.25, 0.3) is 0 Å². The molecule has 0 bridgehead atoms. The van der Waals surface area contributed by atoms with Crippen LogP contribution >= 0.6 is 11.3 Å². The molecule has 0 spiro atoms. The van der Waals surface area contributed by atoms with Gasteiger partial charge in [0.1, 0.15) is 5.82 Å². The Balaban J connectivity index is 1.89. The quantitative estimate of drug-likeness (QED) is 0.347. The van der Waals surface area contributed by atoms with Crippen LogP contribution in [0.25, 0.3) is 10.9 Å². The molecule has 0 atom stereocenters. The number of fused-ring (bicyclic) bond motifs is 1. The molecule has 0 radical (unpaired) electrons. The van der Waals surface area contributed by atoms with Crippen LogP contribution < -0.4 is 0 Å². The predicted octanol–water partition coefficient (Wildman–Crippen LogP) is 6.25. The second-order valence-electron chi connectivity index (χ2n) is 7.62. The second kappa shape index (κ2) is 7.89. The minimum atomic E-state index is -1.81. The van der Waals surface area contributed by atoms with E-state index in [1.165, 1.54) is 23.5 Å². The number of carbonyl (C=O) groups is 1. The number of H-pyrrole nitrogens is 1. The van der Waals surface area contributed by atoms with E-state index in [2.05, 4.69) is 30.7 Å².